The number of ketones is 1. The molecule has 3 atom stereocenters. The summed E-state index contributed by atoms with van der Waals surface area (Å²) >= 11 is 24.2. The standard InChI is InChI=1S/C24H20Cl4N2O4/c1-12-2-5-15-17(8-12)24(34)30(23(15)33)29(22(32)13-3-7-18(26)20(28)9-13)11-21(31)16-6-4-14(25)10-19(16)27/h3-4,6-7,9-10,12,15,17H,2,5,8,11H2,1H3/t12-,15-,17-/m1/s1. The van der Waals surface area contributed by atoms with E-state index in [1.807, 2.05) is 6.92 Å². The van der Waals surface area contributed by atoms with Crippen LogP contribution in [-0.2, 0) is 9.59 Å². The van der Waals surface area contributed by atoms with Crippen LogP contribution in [0.2, 0.25) is 20.1 Å². The van der Waals surface area contributed by atoms with E-state index in [2.05, 4.69) is 0 Å². The van der Waals surface area contributed by atoms with Gasteiger partial charge < -0.3 is 0 Å². The molecule has 0 N–H and O–H groups in total. The molecule has 2 fully saturated rings. The molecular weight excluding hydrogens is 522 g/mol. The molecule has 2 aliphatic rings. The number of hydrogen-bond acceptors (Lipinski definition) is 4. The molecule has 1 saturated carbocycles. The van der Waals surface area contributed by atoms with Gasteiger partial charge in [-0.05, 0) is 61.6 Å². The Morgan fingerprint density at radius 3 is 2.29 bits per heavy atom. The number of carbonyl (C=O) groups excluding carboxylic acids is 4. The lowest BCUT2D eigenvalue weighted by molar-refractivity contribution is -0.154. The van der Waals surface area contributed by atoms with Gasteiger partial charge in [0.2, 0.25) is 0 Å². The Kier molecular flexibility index (Phi) is 7.25. The van der Waals surface area contributed by atoms with Crippen molar-refractivity contribution in [1.82, 2.24) is 10.0 Å². The Morgan fingerprint density at radius 1 is 0.912 bits per heavy atom. The number of amides is 3. The molecule has 178 valence electrons. The van der Waals surface area contributed by atoms with Crippen molar-refractivity contribution in [1.29, 1.82) is 0 Å². The summed E-state index contributed by atoms with van der Waals surface area (Å²) in [5.74, 6) is -3.00. The number of carbonyl (C=O) groups is 4. The van der Waals surface area contributed by atoms with Gasteiger partial charge in [-0.2, -0.15) is 5.01 Å². The molecule has 34 heavy (non-hydrogen) atoms. The van der Waals surface area contributed by atoms with Gasteiger partial charge in [0.05, 0.1) is 26.9 Å². The van der Waals surface area contributed by atoms with Crippen molar-refractivity contribution in [2.45, 2.75) is 26.2 Å². The van der Waals surface area contributed by atoms with Gasteiger partial charge in [0.15, 0.2) is 5.78 Å². The predicted molar refractivity (Wildman–Crippen MR) is 130 cm³/mol. The molecule has 2 aromatic carbocycles. The fourth-order valence-electron chi connectivity index (χ4n) is 4.56. The highest BCUT2D eigenvalue weighted by molar-refractivity contribution is 6.42. The highest BCUT2D eigenvalue weighted by Gasteiger charge is 2.52. The average Bonchev–Trinajstić information content (AvgIpc) is 3.02. The van der Waals surface area contributed by atoms with E-state index in [1.165, 1.54) is 36.4 Å². The number of imide groups is 1. The highest BCUT2D eigenvalue weighted by Crippen LogP contribution is 2.41. The van der Waals surface area contributed by atoms with Crippen LogP contribution < -0.4 is 0 Å². The zero-order valence-electron chi connectivity index (χ0n) is 18.1. The second-order valence-electron chi connectivity index (χ2n) is 8.66. The van der Waals surface area contributed by atoms with Crippen LogP contribution in [0.1, 0.15) is 46.9 Å². The molecule has 0 radical (unpaired) electrons. The van der Waals surface area contributed by atoms with E-state index in [9.17, 15) is 19.2 Å². The van der Waals surface area contributed by atoms with E-state index < -0.39 is 41.9 Å². The number of rotatable bonds is 5. The molecule has 0 bridgehead atoms. The quantitative estimate of drug-likeness (QED) is 0.345. The molecule has 1 heterocycles. The van der Waals surface area contributed by atoms with E-state index in [0.717, 1.165) is 16.4 Å². The molecular formula is C24H20Cl4N2O4. The first-order valence-electron chi connectivity index (χ1n) is 10.7. The second kappa shape index (κ2) is 9.86. The Morgan fingerprint density at radius 2 is 1.62 bits per heavy atom. The van der Waals surface area contributed by atoms with Gasteiger partial charge >= 0.3 is 0 Å². The van der Waals surface area contributed by atoms with Crippen LogP contribution in [0.5, 0.6) is 0 Å². The van der Waals surface area contributed by atoms with Gasteiger partial charge in [-0.1, -0.05) is 53.3 Å². The molecule has 2 aromatic rings. The minimum absolute atomic E-state index is 0.0771. The SMILES string of the molecule is C[C@@H]1CC[C@H]2C(=O)N(N(CC(=O)c3ccc(Cl)cc3Cl)C(=O)c3ccc(Cl)c(Cl)c3)C(=O)[C@@H]2C1. The van der Waals surface area contributed by atoms with Crippen molar-refractivity contribution >= 4 is 69.9 Å². The number of nitrogens with zero attached hydrogens (tertiary/aromatic N) is 2. The van der Waals surface area contributed by atoms with Crippen LogP contribution in [0.3, 0.4) is 0 Å². The van der Waals surface area contributed by atoms with Crippen molar-refractivity contribution < 1.29 is 19.2 Å². The first kappa shape index (κ1) is 25.0. The summed E-state index contributed by atoms with van der Waals surface area (Å²) in [5, 5.41) is 2.53. The molecule has 6 nitrogen and oxygen atoms in total. The summed E-state index contributed by atoms with van der Waals surface area (Å²) in [5.41, 5.74) is 0.191. The smallest absolute Gasteiger partial charge is 0.273 e. The van der Waals surface area contributed by atoms with E-state index in [4.69, 9.17) is 46.4 Å². The molecule has 0 aromatic heterocycles. The minimum atomic E-state index is -0.731. The van der Waals surface area contributed by atoms with Crippen LogP contribution in [0.15, 0.2) is 36.4 Å². The molecule has 3 amide bonds. The van der Waals surface area contributed by atoms with Gasteiger partial charge in [0.25, 0.3) is 17.7 Å². The number of halogens is 4. The van der Waals surface area contributed by atoms with Crippen molar-refractivity contribution in [2.24, 2.45) is 17.8 Å². The Hall–Kier alpha value is -2.12. The van der Waals surface area contributed by atoms with Gasteiger partial charge in [0.1, 0.15) is 6.54 Å². The lowest BCUT2D eigenvalue weighted by atomic mass is 9.76. The summed E-state index contributed by atoms with van der Waals surface area (Å²) in [6, 6.07) is 8.52. The third-order valence-electron chi connectivity index (χ3n) is 6.33. The van der Waals surface area contributed by atoms with E-state index in [1.54, 1.807) is 0 Å². The third kappa shape index (κ3) is 4.69. The minimum Gasteiger partial charge on any atom is -0.292 e. The Bertz CT molecular complexity index is 1200. The van der Waals surface area contributed by atoms with Crippen molar-refractivity contribution in [2.75, 3.05) is 6.54 Å². The number of Topliss-reactive ketones (excluding diaryl/α,β-unsaturated/α-hetero) is 1. The van der Waals surface area contributed by atoms with Crippen LogP contribution in [-0.4, -0.2) is 40.1 Å². The first-order chi connectivity index (χ1) is 16.1. The third-order valence-corrected chi connectivity index (χ3v) is 7.62. The van der Waals surface area contributed by atoms with Gasteiger partial charge in [-0.3, -0.25) is 19.2 Å². The number of hydrazine groups is 1. The van der Waals surface area contributed by atoms with Crippen LogP contribution in [0.4, 0.5) is 0 Å². The first-order valence-corrected chi connectivity index (χ1v) is 12.2. The molecule has 10 heteroatoms. The average molecular weight is 542 g/mol. The van der Waals surface area contributed by atoms with Gasteiger partial charge in [-0.25, -0.2) is 5.01 Å². The van der Waals surface area contributed by atoms with E-state index >= 15 is 0 Å². The Labute approximate surface area is 216 Å². The second-order valence-corrected chi connectivity index (χ2v) is 10.3. The summed E-state index contributed by atoms with van der Waals surface area (Å²) in [4.78, 5) is 53.3. The topological polar surface area (TPSA) is 74.8 Å². The largest absolute Gasteiger partial charge is 0.292 e. The molecule has 0 unspecified atom stereocenters. The van der Waals surface area contributed by atoms with Crippen molar-refractivity contribution in [3.05, 3.63) is 67.6 Å². The molecule has 1 saturated heterocycles. The van der Waals surface area contributed by atoms with Crippen LogP contribution in [0, 0.1) is 17.8 Å². The summed E-state index contributed by atoms with van der Waals surface area (Å²) in [6.45, 7) is 1.45. The fraction of sp³-hybridized carbons (Fsp3) is 0.333. The van der Waals surface area contributed by atoms with Crippen molar-refractivity contribution in [3.8, 4) is 0 Å². The van der Waals surface area contributed by atoms with Crippen molar-refractivity contribution in [3.63, 3.8) is 0 Å². The Balaban J connectivity index is 1.72. The maximum atomic E-state index is 13.5. The summed E-state index contributed by atoms with van der Waals surface area (Å²) in [7, 11) is 0. The lowest BCUT2D eigenvalue weighted by Crippen LogP contribution is -2.52. The predicted octanol–water partition coefficient (Wildman–Crippen LogP) is 5.96. The maximum absolute atomic E-state index is 13.5. The molecule has 1 aliphatic heterocycles. The normalized spacial score (nSPS) is 22.0. The highest BCUT2D eigenvalue weighted by atomic mass is 35.5. The molecule has 1 aliphatic carbocycles. The number of fused-ring (bicyclic) bond motifs is 1. The monoisotopic (exact) mass is 540 g/mol. The van der Waals surface area contributed by atoms with E-state index in [-0.39, 0.29) is 32.1 Å². The van der Waals surface area contributed by atoms with Crippen LogP contribution >= 0.6 is 46.4 Å². The fourth-order valence-corrected chi connectivity index (χ4v) is 5.37. The van der Waals surface area contributed by atoms with Crippen LogP contribution in [0.25, 0.3) is 0 Å². The zero-order chi connectivity index (χ0) is 24.7. The summed E-state index contributed by atoms with van der Waals surface area (Å²) < 4.78 is 0. The molecule has 4 rings (SSSR count). The van der Waals surface area contributed by atoms with Gasteiger partial charge in [0, 0.05) is 16.1 Å². The lowest BCUT2D eigenvalue weighted by Gasteiger charge is -2.30. The zero-order valence-corrected chi connectivity index (χ0v) is 21.1. The molecule has 0 spiro atoms. The summed E-state index contributed by atoms with van der Waals surface area (Å²) in [6.07, 6.45) is 1.92. The number of benzene rings is 2. The maximum Gasteiger partial charge on any atom is 0.273 e. The van der Waals surface area contributed by atoms with E-state index in [0.29, 0.717) is 17.9 Å². The number of hydrogen-bond donors (Lipinski definition) is 0. The van der Waals surface area contributed by atoms with Gasteiger partial charge in [-0.15, -0.1) is 0 Å².